The van der Waals surface area contributed by atoms with Crippen molar-refractivity contribution in [2.24, 2.45) is 0 Å². The van der Waals surface area contributed by atoms with Gasteiger partial charge in [-0.1, -0.05) is 35.9 Å². The number of hydrogen-bond acceptors (Lipinski definition) is 5. The Kier molecular flexibility index (Phi) is 6.74. The van der Waals surface area contributed by atoms with Gasteiger partial charge in [-0.15, -0.1) is 0 Å². The van der Waals surface area contributed by atoms with Gasteiger partial charge in [-0.25, -0.2) is 0 Å². The predicted octanol–water partition coefficient (Wildman–Crippen LogP) is 4.00. The molecule has 0 amide bonds. The van der Waals surface area contributed by atoms with Crippen molar-refractivity contribution in [1.82, 2.24) is 0 Å². The van der Waals surface area contributed by atoms with E-state index in [1.165, 1.54) is 12.8 Å². The Labute approximate surface area is 181 Å². The van der Waals surface area contributed by atoms with Gasteiger partial charge in [0.25, 0.3) is 0 Å². The molecule has 0 unspecified atom stereocenters. The molecule has 6 heteroatoms. The van der Waals surface area contributed by atoms with Crippen LogP contribution in [0.25, 0.3) is 0 Å². The lowest BCUT2D eigenvalue weighted by Crippen LogP contribution is -2.43. The maximum absolute atomic E-state index is 11.9. The van der Waals surface area contributed by atoms with Gasteiger partial charge in [-0.05, 0) is 67.0 Å². The highest BCUT2D eigenvalue weighted by atomic mass is 35.5. The Morgan fingerprint density at radius 1 is 1.10 bits per heavy atom. The van der Waals surface area contributed by atoms with Gasteiger partial charge in [-0.3, -0.25) is 4.79 Å². The Hall–Kier alpha value is -1.92. The molecule has 1 aliphatic heterocycles. The minimum atomic E-state index is -1.13. The van der Waals surface area contributed by atoms with E-state index in [-0.39, 0.29) is 6.42 Å². The normalized spacial score (nSPS) is 24.9. The summed E-state index contributed by atoms with van der Waals surface area (Å²) in [6.45, 7) is -0.442. The molecule has 1 aliphatic carbocycles. The summed E-state index contributed by atoms with van der Waals surface area (Å²) in [7, 11) is 0. The molecule has 0 bridgehead atoms. The minimum absolute atomic E-state index is 0.170. The number of carbonyl (C=O) groups is 1. The summed E-state index contributed by atoms with van der Waals surface area (Å²) in [5, 5.41) is 20.0. The van der Waals surface area contributed by atoms with Crippen LogP contribution < -0.4 is 4.74 Å². The van der Waals surface area contributed by atoms with Crippen LogP contribution in [0.2, 0.25) is 5.02 Å². The maximum atomic E-state index is 11.9. The molecule has 160 valence electrons. The first-order chi connectivity index (χ1) is 14.5. The fourth-order valence-electron chi connectivity index (χ4n) is 4.24. The first kappa shape index (κ1) is 21.3. The number of aliphatic hydroxyl groups excluding tert-OH is 2. The van der Waals surface area contributed by atoms with E-state index >= 15 is 0 Å². The number of ketones is 1. The van der Waals surface area contributed by atoms with Crippen LogP contribution in [0.1, 0.15) is 54.9 Å². The number of halogens is 1. The first-order valence-electron chi connectivity index (χ1n) is 10.6. The van der Waals surface area contributed by atoms with Crippen molar-refractivity contribution in [3.63, 3.8) is 0 Å². The van der Waals surface area contributed by atoms with E-state index in [1.807, 2.05) is 30.3 Å². The Balaban J connectivity index is 1.46. The fourth-order valence-corrected chi connectivity index (χ4v) is 4.42. The number of carbonyl (C=O) groups excluding carboxylic acids is 1. The first-order valence-corrected chi connectivity index (χ1v) is 10.9. The van der Waals surface area contributed by atoms with Gasteiger partial charge >= 0.3 is 0 Å². The van der Waals surface area contributed by atoms with Crippen molar-refractivity contribution >= 4 is 17.4 Å². The van der Waals surface area contributed by atoms with E-state index in [0.29, 0.717) is 17.5 Å². The summed E-state index contributed by atoms with van der Waals surface area (Å²) in [5.41, 5.74) is 2.88. The van der Waals surface area contributed by atoms with E-state index in [9.17, 15) is 15.0 Å². The van der Waals surface area contributed by atoms with Crippen molar-refractivity contribution in [3.8, 4) is 5.75 Å². The fraction of sp³-hybridized carbons (Fsp3) is 0.458. The Morgan fingerprint density at radius 3 is 2.53 bits per heavy atom. The standard InChI is InChI=1S/C24H27ClO5/c25-20-10-7-16(22-13-21(27)24(28)23(14-26)30-22)12-17(20)11-15-5-8-19(9-6-15)29-18-3-1-2-4-18/h5-10,12,18,21-23,26-27H,1-4,11,13-14H2/t21-,22-,23-/m1/s1. The van der Waals surface area contributed by atoms with Gasteiger partial charge in [0.05, 0.1) is 18.8 Å². The second-order valence-electron chi connectivity index (χ2n) is 8.15. The van der Waals surface area contributed by atoms with Gasteiger partial charge in [0.15, 0.2) is 5.78 Å². The van der Waals surface area contributed by atoms with Crippen LogP contribution in [0.15, 0.2) is 42.5 Å². The highest BCUT2D eigenvalue weighted by Gasteiger charge is 2.36. The monoisotopic (exact) mass is 430 g/mol. The van der Waals surface area contributed by atoms with Crippen LogP contribution in [0, 0.1) is 0 Å². The van der Waals surface area contributed by atoms with Crippen molar-refractivity contribution in [1.29, 1.82) is 0 Å². The number of aliphatic hydroxyl groups is 2. The van der Waals surface area contributed by atoms with E-state index in [1.54, 1.807) is 0 Å². The molecular weight excluding hydrogens is 404 g/mol. The van der Waals surface area contributed by atoms with Crippen molar-refractivity contribution in [2.75, 3.05) is 6.61 Å². The quantitative estimate of drug-likeness (QED) is 0.724. The molecule has 0 spiro atoms. The molecule has 1 heterocycles. The van der Waals surface area contributed by atoms with E-state index in [0.717, 1.165) is 35.3 Å². The zero-order valence-corrected chi connectivity index (χ0v) is 17.6. The minimum Gasteiger partial charge on any atom is -0.490 e. The summed E-state index contributed by atoms with van der Waals surface area (Å²) >= 11 is 6.43. The lowest BCUT2D eigenvalue weighted by Gasteiger charge is -2.31. The van der Waals surface area contributed by atoms with Crippen molar-refractivity contribution in [3.05, 3.63) is 64.2 Å². The Morgan fingerprint density at radius 2 is 1.83 bits per heavy atom. The van der Waals surface area contributed by atoms with Crippen LogP contribution in [0.3, 0.4) is 0 Å². The lowest BCUT2D eigenvalue weighted by atomic mass is 9.93. The second-order valence-corrected chi connectivity index (χ2v) is 8.55. The van der Waals surface area contributed by atoms with Gasteiger partial charge < -0.3 is 19.7 Å². The summed E-state index contributed by atoms with van der Waals surface area (Å²) in [6, 6.07) is 13.7. The van der Waals surface area contributed by atoms with E-state index in [2.05, 4.69) is 12.1 Å². The summed E-state index contributed by atoms with van der Waals surface area (Å²) in [5.74, 6) is 0.428. The molecule has 0 radical (unpaired) electrons. The average molecular weight is 431 g/mol. The zero-order valence-electron chi connectivity index (χ0n) is 16.8. The third-order valence-corrected chi connectivity index (χ3v) is 6.31. The Bertz CT molecular complexity index is 876. The van der Waals surface area contributed by atoms with Gasteiger partial charge in [-0.2, -0.15) is 0 Å². The molecule has 5 nitrogen and oxygen atoms in total. The predicted molar refractivity (Wildman–Crippen MR) is 114 cm³/mol. The topological polar surface area (TPSA) is 76.0 Å². The number of benzene rings is 2. The molecule has 2 aromatic rings. The molecule has 3 atom stereocenters. The third-order valence-electron chi connectivity index (χ3n) is 5.94. The second kappa shape index (κ2) is 9.48. The van der Waals surface area contributed by atoms with Crippen LogP contribution in [0.4, 0.5) is 0 Å². The number of hydrogen-bond donors (Lipinski definition) is 2. The van der Waals surface area contributed by atoms with Crippen LogP contribution in [-0.4, -0.2) is 40.9 Å². The maximum Gasteiger partial charge on any atom is 0.192 e. The highest BCUT2D eigenvalue weighted by molar-refractivity contribution is 6.31. The highest BCUT2D eigenvalue weighted by Crippen LogP contribution is 2.33. The third kappa shape index (κ3) is 4.86. The molecule has 0 aromatic heterocycles. The van der Waals surface area contributed by atoms with Gasteiger partial charge in [0, 0.05) is 11.4 Å². The molecule has 2 fully saturated rings. The molecule has 1 saturated heterocycles. The molecule has 4 rings (SSSR count). The smallest absolute Gasteiger partial charge is 0.192 e. The van der Waals surface area contributed by atoms with Crippen molar-refractivity contribution in [2.45, 2.75) is 62.9 Å². The zero-order chi connectivity index (χ0) is 21.1. The van der Waals surface area contributed by atoms with Crippen LogP contribution in [0.5, 0.6) is 5.75 Å². The number of ether oxygens (including phenoxy) is 2. The SMILES string of the molecule is O=C1[C@H](O)C[C@H](c2ccc(Cl)c(Cc3ccc(OC4CCCC4)cc3)c2)O[C@@H]1CO. The number of rotatable bonds is 6. The van der Waals surface area contributed by atoms with Crippen molar-refractivity contribution < 1.29 is 24.5 Å². The number of Topliss-reactive ketones (excluding diaryl/α,β-unsaturated/α-hetero) is 1. The molecule has 2 N–H and O–H groups in total. The van der Waals surface area contributed by atoms with E-state index < -0.39 is 30.7 Å². The largest absolute Gasteiger partial charge is 0.490 e. The average Bonchev–Trinajstić information content (AvgIpc) is 3.26. The van der Waals surface area contributed by atoms with E-state index in [4.69, 9.17) is 21.1 Å². The summed E-state index contributed by atoms with van der Waals surface area (Å²) in [6.07, 6.45) is 3.31. The molecule has 1 saturated carbocycles. The molecule has 2 aliphatic rings. The molecular formula is C24H27ClO5. The summed E-state index contributed by atoms with van der Waals surface area (Å²) < 4.78 is 11.7. The van der Waals surface area contributed by atoms with Gasteiger partial charge in [0.2, 0.25) is 0 Å². The lowest BCUT2D eigenvalue weighted by molar-refractivity contribution is -0.161. The molecule has 2 aromatic carbocycles. The van der Waals surface area contributed by atoms with Crippen LogP contribution >= 0.6 is 11.6 Å². The van der Waals surface area contributed by atoms with Crippen LogP contribution in [-0.2, 0) is 16.0 Å². The summed E-state index contributed by atoms with van der Waals surface area (Å²) in [4.78, 5) is 11.9. The van der Waals surface area contributed by atoms with Gasteiger partial charge in [0.1, 0.15) is 18.0 Å². The molecule has 30 heavy (non-hydrogen) atoms.